The van der Waals surface area contributed by atoms with E-state index in [1.807, 2.05) is 26.0 Å². The van der Waals surface area contributed by atoms with E-state index in [1.54, 1.807) is 12.1 Å². The predicted molar refractivity (Wildman–Crippen MR) is 66.2 cm³/mol. The Hall–Kier alpha value is -1.08. The quantitative estimate of drug-likeness (QED) is 0.849. The monoisotopic (exact) mass is 240 g/mol. The topological polar surface area (TPSA) is 70.0 Å². The molecule has 4 heteroatoms. The number of nitriles is 1. The fourth-order valence-corrected chi connectivity index (χ4v) is 1.39. The highest BCUT2D eigenvalue weighted by Crippen LogP contribution is 2.32. The average molecular weight is 241 g/mol. The van der Waals surface area contributed by atoms with Crippen molar-refractivity contribution in [2.24, 2.45) is 11.1 Å². The molecule has 0 fully saturated rings. The molecule has 88 valence electrons. The van der Waals surface area contributed by atoms with Crippen molar-refractivity contribution in [1.29, 1.82) is 5.26 Å². The normalized spacial score (nSPS) is 12.4. The number of aliphatic hydroxyl groups excluding tert-OH is 1. The van der Waals surface area contributed by atoms with Crippen LogP contribution < -0.4 is 5.73 Å². The van der Waals surface area contributed by atoms with E-state index in [-0.39, 0.29) is 25.1 Å². The first-order chi connectivity index (χ1) is 7.03. The van der Waals surface area contributed by atoms with Gasteiger partial charge in [0.25, 0.3) is 0 Å². The van der Waals surface area contributed by atoms with E-state index in [2.05, 4.69) is 6.07 Å². The molecule has 0 unspecified atom stereocenters. The predicted octanol–water partition coefficient (Wildman–Crippen LogP) is 2.00. The summed E-state index contributed by atoms with van der Waals surface area (Å²) >= 11 is 0. The largest absolute Gasteiger partial charge is 0.396 e. The fourth-order valence-electron chi connectivity index (χ4n) is 1.39. The van der Waals surface area contributed by atoms with Crippen LogP contribution in [0.3, 0.4) is 0 Å². The maximum absolute atomic E-state index is 9.23. The molecule has 0 saturated carbocycles. The fraction of sp³-hybridized carbons (Fsp3) is 0.417. The van der Waals surface area contributed by atoms with E-state index in [9.17, 15) is 5.11 Å². The molecule has 0 amide bonds. The van der Waals surface area contributed by atoms with E-state index < -0.39 is 5.41 Å². The number of rotatable bonds is 3. The van der Waals surface area contributed by atoms with Gasteiger partial charge in [0, 0.05) is 18.1 Å². The first-order valence-electron chi connectivity index (χ1n) is 4.88. The van der Waals surface area contributed by atoms with Gasteiger partial charge in [-0.2, -0.15) is 5.26 Å². The second-order valence-electron chi connectivity index (χ2n) is 4.32. The van der Waals surface area contributed by atoms with Gasteiger partial charge in [-0.3, -0.25) is 0 Å². The first kappa shape index (κ1) is 14.9. The summed E-state index contributed by atoms with van der Waals surface area (Å²) in [6.45, 7) is 3.76. The third kappa shape index (κ3) is 2.96. The van der Waals surface area contributed by atoms with Gasteiger partial charge in [-0.1, -0.05) is 32.0 Å². The molecule has 3 N–H and O–H groups in total. The molecule has 0 aromatic heterocycles. The van der Waals surface area contributed by atoms with Gasteiger partial charge >= 0.3 is 0 Å². The minimum absolute atomic E-state index is 0. The van der Waals surface area contributed by atoms with Crippen molar-refractivity contribution in [2.45, 2.75) is 19.9 Å². The molecule has 1 aromatic carbocycles. The molecule has 16 heavy (non-hydrogen) atoms. The lowest BCUT2D eigenvalue weighted by Gasteiger charge is -2.30. The number of nitrogens with zero attached hydrogens (tertiary/aromatic N) is 1. The number of hydrogen-bond donors (Lipinski definition) is 2. The number of benzene rings is 1. The first-order valence-corrected chi connectivity index (χ1v) is 4.88. The van der Waals surface area contributed by atoms with Gasteiger partial charge in [-0.15, -0.1) is 12.4 Å². The van der Waals surface area contributed by atoms with Crippen LogP contribution in [0.15, 0.2) is 24.3 Å². The zero-order valence-corrected chi connectivity index (χ0v) is 10.3. The molecule has 0 aliphatic carbocycles. The lowest BCUT2D eigenvalue weighted by molar-refractivity contribution is 0.132. The van der Waals surface area contributed by atoms with Gasteiger partial charge < -0.3 is 10.8 Å². The minimum atomic E-state index is -0.424. The molecular weight excluding hydrogens is 224 g/mol. The van der Waals surface area contributed by atoms with Crippen molar-refractivity contribution >= 4 is 12.4 Å². The standard InChI is InChI=1S/C12H16N2O.ClH/c1-12(2,8-15)11(14)10-6-4-3-5-9(10)7-13;/h3-6,11,15H,8,14H2,1-2H3;1H/t11-;/m0./s1. The SMILES string of the molecule is CC(C)(CO)[C@@H](N)c1ccccc1C#N.Cl. The van der Waals surface area contributed by atoms with E-state index >= 15 is 0 Å². The van der Waals surface area contributed by atoms with Crippen molar-refractivity contribution in [1.82, 2.24) is 0 Å². The Labute approximate surface area is 102 Å². The van der Waals surface area contributed by atoms with Gasteiger partial charge in [0.2, 0.25) is 0 Å². The molecule has 1 aromatic rings. The summed E-state index contributed by atoms with van der Waals surface area (Å²) in [4.78, 5) is 0. The Balaban J connectivity index is 0.00000225. The Bertz CT molecular complexity index is 385. The van der Waals surface area contributed by atoms with Crippen molar-refractivity contribution < 1.29 is 5.11 Å². The van der Waals surface area contributed by atoms with Crippen LogP contribution in [0.1, 0.15) is 31.0 Å². The zero-order valence-electron chi connectivity index (χ0n) is 9.47. The average Bonchev–Trinajstić information content (AvgIpc) is 2.28. The molecule has 0 radical (unpaired) electrons. The molecule has 3 nitrogen and oxygen atoms in total. The summed E-state index contributed by atoms with van der Waals surface area (Å²) in [5, 5.41) is 18.2. The van der Waals surface area contributed by atoms with Crippen LogP contribution in [-0.4, -0.2) is 11.7 Å². The summed E-state index contributed by atoms with van der Waals surface area (Å²) in [5.41, 5.74) is 6.99. The second kappa shape index (κ2) is 5.86. The van der Waals surface area contributed by atoms with Crippen LogP contribution >= 0.6 is 12.4 Å². The van der Waals surface area contributed by atoms with E-state index in [0.29, 0.717) is 5.56 Å². The highest BCUT2D eigenvalue weighted by atomic mass is 35.5. The Morgan fingerprint density at radius 3 is 2.50 bits per heavy atom. The maximum atomic E-state index is 9.23. The van der Waals surface area contributed by atoms with Crippen LogP contribution in [-0.2, 0) is 0 Å². The molecule has 0 aliphatic heterocycles. The third-order valence-electron chi connectivity index (χ3n) is 2.67. The van der Waals surface area contributed by atoms with Crippen LogP contribution in [0.4, 0.5) is 0 Å². The van der Waals surface area contributed by atoms with Gasteiger partial charge in [-0.25, -0.2) is 0 Å². The number of hydrogen-bond acceptors (Lipinski definition) is 3. The van der Waals surface area contributed by atoms with Crippen LogP contribution in [0.25, 0.3) is 0 Å². The van der Waals surface area contributed by atoms with Crippen LogP contribution in [0.5, 0.6) is 0 Å². The van der Waals surface area contributed by atoms with E-state index in [1.165, 1.54) is 0 Å². The zero-order chi connectivity index (χ0) is 11.5. The smallest absolute Gasteiger partial charge is 0.0995 e. The lowest BCUT2D eigenvalue weighted by atomic mass is 9.80. The number of aliphatic hydroxyl groups is 1. The lowest BCUT2D eigenvalue weighted by Crippen LogP contribution is -2.32. The van der Waals surface area contributed by atoms with Crippen LogP contribution in [0.2, 0.25) is 0 Å². The summed E-state index contributed by atoms with van der Waals surface area (Å²) in [7, 11) is 0. The molecular formula is C12H17ClN2O. The molecule has 0 heterocycles. The Kier molecular flexibility index (Phi) is 5.46. The summed E-state index contributed by atoms with van der Waals surface area (Å²) < 4.78 is 0. The minimum Gasteiger partial charge on any atom is -0.396 e. The second-order valence-corrected chi connectivity index (χ2v) is 4.32. The molecule has 1 rings (SSSR count). The van der Waals surface area contributed by atoms with Crippen LogP contribution in [0, 0.1) is 16.7 Å². The summed E-state index contributed by atoms with van der Waals surface area (Å²) in [5.74, 6) is 0. The highest BCUT2D eigenvalue weighted by Gasteiger charge is 2.28. The number of nitrogens with two attached hydrogens (primary N) is 1. The molecule has 0 aliphatic rings. The highest BCUT2D eigenvalue weighted by molar-refractivity contribution is 5.85. The van der Waals surface area contributed by atoms with Gasteiger partial charge in [0.1, 0.15) is 0 Å². The summed E-state index contributed by atoms with van der Waals surface area (Å²) in [6.07, 6.45) is 0. The Morgan fingerprint density at radius 2 is 2.00 bits per heavy atom. The van der Waals surface area contributed by atoms with Gasteiger partial charge in [0.15, 0.2) is 0 Å². The van der Waals surface area contributed by atoms with Crippen molar-refractivity contribution in [3.63, 3.8) is 0 Å². The molecule has 0 spiro atoms. The molecule has 0 saturated heterocycles. The molecule has 1 atom stereocenters. The van der Waals surface area contributed by atoms with Gasteiger partial charge in [-0.05, 0) is 11.6 Å². The van der Waals surface area contributed by atoms with E-state index in [0.717, 1.165) is 5.56 Å². The number of halogens is 1. The van der Waals surface area contributed by atoms with Gasteiger partial charge in [0.05, 0.1) is 11.6 Å². The van der Waals surface area contributed by atoms with Crippen molar-refractivity contribution in [2.75, 3.05) is 6.61 Å². The Morgan fingerprint density at radius 1 is 1.44 bits per heavy atom. The summed E-state index contributed by atoms with van der Waals surface area (Å²) in [6, 6.07) is 9.01. The van der Waals surface area contributed by atoms with Crippen molar-refractivity contribution in [3.05, 3.63) is 35.4 Å². The maximum Gasteiger partial charge on any atom is 0.0995 e. The van der Waals surface area contributed by atoms with E-state index in [4.69, 9.17) is 11.0 Å². The molecule has 0 bridgehead atoms. The third-order valence-corrected chi connectivity index (χ3v) is 2.67. The van der Waals surface area contributed by atoms with Crippen molar-refractivity contribution in [3.8, 4) is 6.07 Å².